The average molecular weight is 311 g/mol. The van der Waals surface area contributed by atoms with Gasteiger partial charge in [-0.1, -0.05) is 29.8 Å². The van der Waals surface area contributed by atoms with Crippen molar-refractivity contribution in [2.75, 3.05) is 13.1 Å². The molecule has 0 amide bonds. The van der Waals surface area contributed by atoms with Crippen molar-refractivity contribution in [2.24, 2.45) is 0 Å². The third-order valence-corrected chi connectivity index (χ3v) is 5.58. The average Bonchev–Trinajstić information content (AvgIpc) is 2.41. The second kappa shape index (κ2) is 6.90. The van der Waals surface area contributed by atoms with E-state index in [9.17, 15) is 8.42 Å². The fraction of sp³-hybridized carbons (Fsp3) is 0.625. The van der Waals surface area contributed by atoms with Gasteiger partial charge in [-0.05, 0) is 39.2 Å². The first-order valence-corrected chi connectivity index (χ1v) is 9.16. The lowest BCUT2D eigenvalue weighted by Crippen LogP contribution is -2.41. The van der Waals surface area contributed by atoms with Crippen LogP contribution >= 0.6 is 0 Å². The molecule has 0 atom stereocenters. The van der Waals surface area contributed by atoms with Crippen LogP contribution in [0.1, 0.15) is 37.8 Å². The van der Waals surface area contributed by atoms with E-state index in [0.717, 1.165) is 24.0 Å². The standard InChI is InChI=1S/C16H25NO3S/c1-13(2)20-16-8-10-17(11-9-16)21(18,19)12-15-6-4-14(3)5-7-15/h4-7,13,16H,8-12H2,1-3H3. The van der Waals surface area contributed by atoms with Gasteiger partial charge in [-0.2, -0.15) is 0 Å². The number of nitrogens with zero attached hydrogens (tertiary/aromatic N) is 1. The highest BCUT2D eigenvalue weighted by atomic mass is 32.2. The smallest absolute Gasteiger partial charge is 0.218 e. The summed E-state index contributed by atoms with van der Waals surface area (Å²) in [5, 5.41) is 0. The minimum absolute atomic E-state index is 0.0863. The third-order valence-electron chi connectivity index (χ3n) is 3.73. The summed E-state index contributed by atoms with van der Waals surface area (Å²) >= 11 is 0. The first-order valence-electron chi connectivity index (χ1n) is 7.55. The van der Waals surface area contributed by atoms with Gasteiger partial charge in [0.1, 0.15) is 0 Å². The van der Waals surface area contributed by atoms with Gasteiger partial charge in [0, 0.05) is 13.1 Å². The lowest BCUT2D eigenvalue weighted by atomic mass is 10.1. The molecule has 1 aliphatic heterocycles. The number of hydrogen-bond acceptors (Lipinski definition) is 3. The molecule has 0 saturated carbocycles. The highest BCUT2D eigenvalue weighted by molar-refractivity contribution is 7.88. The van der Waals surface area contributed by atoms with E-state index in [1.165, 1.54) is 0 Å². The Bertz CT molecular complexity index is 543. The Morgan fingerprint density at radius 3 is 2.29 bits per heavy atom. The molecule has 2 rings (SSSR count). The Hall–Kier alpha value is -0.910. The zero-order chi connectivity index (χ0) is 15.5. The van der Waals surface area contributed by atoms with Crippen LogP contribution in [0, 0.1) is 6.92 Å². The maximum Gasteiger partial charge on any atom is 0.218 e. The van der Waals surface area contributed by atoms with Crippen LogP contribution in [0.2, 0.25) is 0 Å². The molecule has 0 aliphatic carbocycles. The second-order valence-electron chi connectivity index (χ2n) is 6.03. The monoisotopic (exact) mass is 311 g/mol. The topological polar surface area (TPSA) is 46.6 Å². The molecule has 1 saturated heterocycles. The maximum absolute atomic E-state index is 12.5. The van der Waals surface area contributed by atoms with Crippen molar-refractivity contribution in [1.29, 1.82) is 0 Å². The maximum atomic E-state index is 12.5. The normalized spacial score (nSPS) is 18.3. The first kappa shape index (κ1) is 16.5. The van der Waals surface area contributed by atoms with E-state index in [1.54, 1.807) is 4.31 Å². The van der Waals surface area contributed by atoms with Crippen LogP contribution in [0.3, 0.4) is 0 Å². The van der Waals surface area contributed by atoms with Gasteiger partial charge in [-0.15, -0.1) is 0 Å². The lowest BCUT2D eigenvalue weighted by molar-refractivity contribution is -0.0168. The minimum atomic E-state index is -3.22. The Morgan fingerprint density at radius 1 is 1.19 bits per heavy atom. The Morgan fingerprint density at radius 2 is 1.76 bits per heavy atom. The summed E-state index contributed by atoms with van der Waals surface area (Å²) in [6.07, 6.45) is 1.96. The number of hydrogen-bond donors (Lipinski definition) is 0. The van der Waals surface area contributed by atoms with Gasteiger partial charge in [0.25, 0.3) is 0 Å². The zero-order valence-corrected chi connectivity index (χ0v) is 13.9. The van der Waals surface area contributed by atoms with Gasteiger partial charge < -0.3 is 4.74 Å². The van der Waals surface area contributed by atoms with E-state index < -0.39 is 10.0 Å². The van der Waals surface area contributed by atoms with E-state index in [1.807, 2.05) is 45.0 Å². The number of piperidine rings is 1. The Balaban J connectivity index is 1.93. The predicted molar refractivity (Wildman–Crippen MR) is 84.6 cm³/mol. The van der Waals surface area contributed by atoms with Crippen molar-refractivity contribution in [1.82, 2.24) is 4.31 Å². The zero-order valence-electron chi connectivity index (χ0n) is 13.1. The van der Waals surface area contributed by atoms with Crippen LogP contribution in [0.5, 0.6) is 0 Å². The summed E-state index contributed by atoms with van der Waals surface area (Å²) in [4.78, 5) is 0. The Kier molecular flexibility index (Phi) is 5.41. The Labute approximate surface area is 128 Å². The molecule has 1 heterocycles. The summed E-state index contributed by atoms with van der Waals surface area (Å²) in [6.45, 7) is 7.15. The molecular formula is C16H25NO3S. The molecule has 0 unspecified atom stereocenters. The fourth-order valence-electron chi connectivity index (χ4n) is 2.62. The van der Waals surface area contributed by atoms with E-state index in [4.69, 9.17) is 4.74 Å². The van der Waals surface area contributed by atoms with Crippen LogP contribution < -0.4 is 0 Å². The number of ether oxygens (including phenoxy) is 1. The highest BCUT2D eigenvalue weighted by Gasteiger charge is 2.28. The van der Waals surface area contributed by atoms with Crippen LogP contribution in [-0.2, 0) is 20.5 Å². The SMILES string of the molecule is Cc1ccc(CS(=O)(=O)N2CCC(OC(C)C)CC2)cc1. The van der Waals surface area contributed by atoms with E-state index in [0.29, 0.717) is 13.1 Å². The van der Waals surface area contributed by atoms with Crippen molar-refractivity contribution in [3.05, 3.63) is 35.4 Å². The van der Waals surface area contributed by atoms with Gasteiger partial charge in [0.05, 0.1) is 18.0 Å². The molecular weight excluding hydrogens is 286 g/mol. The molecule has 1 fully saturated rings. The minimum Gasteiger partial charge on any atom is -0.375 e. The molecule has 0 radical (unpaired) electrons. The molecule has 0 bridgehead atoms. The molecule has 21 heavy (non-hydrogen) atoms. The highest BCUT2D eigenvalue weighted by Crippen LogP contribution is 2.20. The number of rotatable bonds is 5. The first-order chi connectivity index (χ1) is 9.87. The van der Waals surface area contributed by atoms with Crippen LogP contribution in [0.25, 0.3) is 0 Å². The molecule has 0 aromatic heterocycles. The van der Waals surface area contributed by atoms with Crippen LogP contribution in [-0.4, -0.2) is 38.0 Å². The summed E-state index contributed by atoms with van der Waals surface area (Å²) in [6, 6.07) is 7.68. The van der Waals surface area contributed by atoms with E-state index in [-0.39, 0.29) is 18.0 Å². The van der Waals surface area contributed by atoms with Gasteiger partial charge in [-0.25, -0.2) is 12.7 Å². The molecule has 0 N–H and O–H groups in total. The summed E-state index contributed by atoms with van der Waals surface area (Å²) in [5.41, 5.74) is 1.99. The van der Waals surface area contributed by atoms with Crippen LogP contribution in [0.4, 0.5) is 0 Å². The summed E-state index contributed by atoms with van der Waals surface area (Å²) < 4.78 is 32.3. The van der Waals surface area contributed by atoms with Crippen molar-refractivity contribution in [2.45, 2.75) is 51.6 Å². The largest absolute Gasteiger partial charge is 0.375 e. The number of sulfonamides is 1. The van der Waals surface area contributed by atoms with Crippen LogP contribution in [0.15, 0.2) is 24.3 Å². The number of aryl methyl sites for hydroxylation is 1. The second-order valence-corrected chi connectivity index (χ2v) is 7.99. The van der Waals surface area contributed by atoms with E-state index >= 15 is 0 Å². The molecule has 118 valence electrons. The third kappa shape index (κ3) is 4.80. The number of benzene rings is 1. The fourth-order valence-corrected chi connectivity index (χ4v) is 4.18. The lowest BCUT2D eigenvalue weighted by Gasteiger charge is -2.32. The van der Waals surface area contributed by atoms with Gasteiger partial charge in [0.15, 0.2) is 0 Å². The summed E-state index contributed by atoms with van der Waals surface area (Å²) in [7, 11) is -3.22. The van der Waals surface area contributed by atoms with Crippen molar-refractivity contribution in [3.63, 3.8) is 0 Å². The van der Waals surface area contributed by atoms with Gasteiger partial charge >= 0.3 is 0 Å². The molecule has 5 heteroatoms. The molecule has 1 aromatic rings. The van der Waals surface area contributed by atoms with Gasteiger partial charge in [0.2, 0.25) is 10.0 Å². The molecule has 0 spiro atoms. The van der Waals surface area contributed by atoms with Gasteiger partial charge in [-0.3, -0.25) is 0 Å². The van der Waals surface area contributed by atoms with Crippen molar-refractivity contribution < 1.29 is 13.2 Å². The summed E-state index contributed by atoms with van der Waals surface area (Å²) in [5.74, 6) is 0.0863. The quantitative estimate of drug-likeness (QED) is 0.840. The molecule has 1 aromatic carbocycles. The molecule has 1 aliphatic rings. The van der Waals surface area contributed by atoms with Crippen molar-refractivity contribution in [3.8, 4) is 0 Å². The van der Waals surface area contributed by atoms with Crippen molar-refractivity contribution >= 4 is 10.0 Å². The van der Waals surface area contributed by atoms with E-state index in [2.05, 4.69) is 0 Å². The predicted octanol–water partition coefficient (Wildman–Crippen LogP) is 2.71. The molecule has 4 nitrogen and oxygen atoms in total.